The number of aliphatic hydroxyl groups is 3. The summed E-state index contributed by atoms with van der Waals surface area (Å²) in [5.41, 5.74) is 1.12. The van der Waals surface area contributed by atoms with Crippen LogP contribution in [0.2, 0.25) is 0 Å². The molecule has 0 aliphatic heterocycles. The van der Waals surface area contributed by atoms with Gasteiger partial charge in [-0.2, -0.15) is 0 Å². The predicted molar refractivity (Wildman–Crippen MR) is 29.0 cm³/mol. The van der Waals surface area contributed by atoms with Gasteiger partial charge in [-0.25, -0.2) is 5.48 Å². The molecule has 0 aromatic carbocycles. The maximum Gasteiger partial charge on any atom is 0.274 e. The normalized spacial score (nSPS) is 16.0. The summed E-state index contributed by atoms with van der Waals surface area (Å²) >= 11 is 0. The first-order valence-electron chi connectivity index (χ1n) is 2.54. The topological polar surface area (TPSA) is 110 Å². The van der Waals surface area contributed by atoms with Crippen molar-refractivity contribution in [3.05, 3.63) is 0 Å². The molecule has 0 aromatic heterocycles. The molecule has 60 valence electrons. The highest BCUT2D eigenvalue weighted by molar-refractivity contribution is 5.79. The second kappa shape index (κ2) is 4.18. The lowest BCUT2D eigenvalue weighted by atomic mass is 10.2. The fraction of sp³-hybridized carbons (Fsp3) is 0.750. The Kier molecular flexibility index (Phi) is 3.89. The van der Waals surface area contributed by atoms with Gasteiger partial charge in [0.15, 0.2) is 6.10 Å². The Morgan fingerprint density at radius 2 is 2.00 bits per heavy atom. The second-order valence-electron chi connectivity index (χ2n) is 1.67. The molecule has 2 atom stereocenters. The third-order valence-corrected chi connectivity index (χ3v) is 0.930. The molecule has 0 aliphatic carbocycles. The number of hydroxylamine groups is 1. The van der Waals surface area contributed by atoms with Crippen LogP contribution in [-0.4, -0.2) is 45.2 Å². The number of aliphatic hydroxyl groups excluding tert-OH is 3. The Labute approximate surface area is 56.7 Å². The summed E-state index contributed by atoms with van der Waals surface area (Å²) in [5.74, 6) is -1.15. The summed E-state index contributed by atoms with van der Waals surface area (Å²) in [6.07, 6.45) is -3.36. The van der Waals surface area contributed by atoms with Crippen LogP contribution in [0.4, 0.5) is 0 Å². The van der Waals surface area contributed by atoms with Gasteiger partial charge in [0.25, 0.3) is 5.91 Å². The number of hydrogen-bond donors (Lipinski definition) is 5. The molecule has 10 heavy (non-hydrogen) atoms. The molecule has 5 N–H and O–H groups in total. The summed E-state index contributed by atoms with van der Waals surface area (Å²) in [6, 6.07) is 0. The average molecular weight is 151 g/mol. The minimum absolute atomic E-state index is 0.741. The van der Waals surface area contributed by atoms with Crippen LogP contribution in [0, 0.1) is 0 Å². The molecule has 0 unspecified atom stereocenters. The highest BCUT2D eigenvalue weighted by atomic mass is 16.5. The minimum atomic E-state index is -1.80. The Morgan fingerprint density at radius 1 is 1.50 bits per heavy atom. The van der Waals surface area contributed by atoms with E-state index in [1.54, 1.807) is 0 Å². The van der Waals surface area contributed by atoms with Crippen LogP contribution in [0.5, 0.6) is 0 Å². The van der Waals surface area contributed by atoms with Gasteiger partial charge in [0.05, 0.1) is 6.61 Å². The molecule has 0 saturated carbocycles. The Balaban J connectivity index is 3.81. The standard InChI is InChI=1S/C4H9NO5/c6-1-2(7)3(8)4(9)5-10/h2-3,6-8,10H,1H2,(H,5,9)/t2-,3+/m1/s1. The molecule has 0 fully saturated rings. The second-order valence-corrected chi connectivity index (χ2v) is 1.67. The van der Waals surface area contributed by atoms with E-state index in [-0.39, 0.29) is 0 Å². The van der Waals surface area contributed by atoms with E-state index in [1.165, 1.54) is 0 Å². The molecule has 0 bridgehead atoms. The van der Waals surface area contributed by atoms with Crippen molar-refractivity contribution in [3.8, 4) is 0 Å². The molecular formula is C4H9NO5. The van der Waals surface area contributed by atoms with E-state index >= 15 is 0 Å². The molecule has 0 saturated heterocycles. The largest absolute Gasteiger partial charge is 0.394 e. The molecule has 0 spiro atoms. The Bertz CT molecular complexity index is 116. The third kappa shape index (κ3) is 2.28. The fourth-order valence-electron chi connectivity index (χ4n) is 0.341. The Hall–Kier alpha value is -0.690. The predicted octanol–water partition coefficient (Wildman–Crippen LogP) is -2.79. The number of hydrogen-bond acceptors (Lipinski definition) is 5. The van der Waals surface area contributed by atoms with Gasteiger partial charge in [0.2, 0.25) is 0 Å². The van der Waals surface area contributed by atoms with E-state index in [1.807, 2.05) is 0 Å². The van der Waals surface area contributed by atoms with Crippen LogP contribution in [-0.2, 0) is 4.79 Å². The minimum Gasteiger partial charge on any atom is -0.394 e. The molecule has 1 amide bonds. The van der Waals surface area contributed by atoms with Crippen molar-refractivity contribution >= 4 is 5.91 Å². The van der Waals surface area contributed by atoms with Crippen molar-refractivity contribution in [1.29, 1.82) is 0 Å². The number of amides is 1. The maximum absolute atomic E-state index is 10.2. The van der Waals surface area contributed by atoms with Crippen molar-refractivity contribution < 1.29 is 25.3 Å². The van der Waals surface area contributed by atoms with E-state index in [0.717, 1.165) is 5.48 Å². The zero-order valence-corrected chi connectivity index (χ0v) is 5.06. The van der Waals surface area contributed by atoms with Gasteiger partial charge in [-0.1, -0.05) is 0 Å². The first-order valence-corrected chi connectivity index (χ1v) is 2.54. The Morgan fingerprint density at radius 3 is 2.30 bits per heavy atom. The third-order valence-electron chi connectivity index (χ3n) is 0.930. The summed E-state index contributed by atoms with van der Waals surface area (Å²) < 4.78 is 0. The highest BCUT2D eigenvalue weighted by Gasteiger charge is 2.22. The van der Waals surface area contributed by atoms with Crippen LogP contribution in [0.25, 0.3) is 0 Å². The first kappa shape index (κ1) is 9.31. The highest BCUT2D eigenvalue weighted by Crippen LogP contribution is 1.90. The van der Waals surface area contributed by atoms with Crippen LogP contribution in [0.15, 0.2) is 0 Å². The van der Waals surface area contributed by atoms with Crippen LogP contribution in [0.1, 0.15) is 0 Å². The van der Waals surface area contributed by atoms with Crippen molar-refractivity contribution in [2.75, 3.05) is 6.61 Å². The molecule has 0 radical (unpaired) electrons. The molecular weight excluding hydrogens is 142 g/mol. The summed E-state index contributed by atoms with van der Waals surface area (Å²) in [5, 5.41) is 33.2. The van der Waals surface area contributed by atoms with Gasteiger partial charge in [-0.05, 0) is 0 Å². The van der Waals surface area contributed by atoms with Gasteiger partial charge in [0.1, 0.15) is 6.10 Å². The maximum atomic E-state index is 10.2. The van der Waals surface area contributed by atoms with Gasteiger partial charge >= 0.3 is 0 Å². The molecule has 0 heterocycles. The SMILES string of the molecule is O=C(NO)[C@@H](O)[C@H](O)CO. The van der Waals surface area contributed by atoms with Crippen LogP contribution in [0.3, 0.4) is 0 Å². The summed E-state index contributed by atoms with van der Waals surface area (Å²) in [7, 11) is 0. The van der Waals surface area contributed by atoms with Gasteiger partial charge < -0.3 is 15.3 Å². The monoisotopic (exact) mass is 151 g/mol. The molecule has 0 aliphatic rings. The molecule has 0 aromatic rings. The average Bonchev–Trinajstić information content (AvgIpc) is 2.00. The van der Waals surface area contributed by atoms with E-state index in [0.29, 0.717) is 0 Å². The van der Waals surface area contributed by atoms with E-state index in [9.17, 15) is 4.79 Å². The van der Waals surface area contributed by atoms with Gasteiger partial charge in [-0.3, -0.25) is 10.0 Å². The zero-order chi connectivity index (χ0) is 8.15. The quantitative estimate of drug-likeness (QED) is 0.221. The lowest BCUT2D eigenvalue weighted by molar-refractivity contribution is -0.145. The van der Waals surface area contributed by atoms with Crippen molar-refractivity contribution in [2.45, 2.75) is 12.2 Å². The van der Waals surface area contributed by atoms with Crippen molar-refractivity contribution in [3.63, 3.8) is 0 Å². The lowest BCUT2D eigenvalue weighted by Crippen LogP contribution is -2.42. The lowest BCUT2D eigenvalue weighted by Gasteiger charge is -2.12. The summed E-state index contributed by atoms with van der Waals surface area (Å²) in [4.78, 5) is 10.2. The van der Waals surface area contributed by atoms with E-state index in [2.05, 4.69) is 0 Å². The van der Waals surface area contributed by atoms with Crippen molar-refractivity contribution in [2.24, 2.45) is 0 Å². The fourth-order valence-corrected chi connectivity index (χ4v) is 0.341. The van der Waals surface area contributed by atoms with Gasteiger partial charge in [0, 0.05) is 0 Å². The molecule has 6 nitrogen and oxygen atoms in total. The number of rotatable bonds is 3. The molecule has 0 rings (SSSR count). The van der Waals surface area contributed by atoms with E-state index < -0.39 is 24.7 Å². The number of carbonyl (C=O) groups excluding carboxylic acids is 1. The zero-order valence-electron chi connectivity index (χ0n) is 5.06. The van der Waals surface area contributed by atoms with Crippen LogP contribution >= 0.6 is 0 Å². The first-order chi connectivity index (χ1) is 4.63. The van der Waals surface area contributed by atoms with Crippen LogP contribution < -0.4 is 5.48 Å². The van der Waals surface area contributed by atoms with Gasteiger partial charge in [-0.15, -0.1) is 0 Å². The smallest absolute Gasteiger partial charge is 0.274 e. The number of carbonyl (C=O) groups is 1. The number of nitrogens with one attached hydrogen (secondary N) is 1. The van der Waals surface area contributed by atoms with Crippen molar-refractivity contribution in [1.82, 2.24) is 5.48 Å². The molecule has 6 heteroatoms. The van der Waals surface area contributed by atoms with E-state index in [4.69, 9.17) is 20.5 Å². The summed E-state index contributed by atoms with van der Waals surface area (Å²) in [6.45, 7) is -0.741.